The van der Waals surface area contributed by atoms with Crippen LogP contribution in [-0.2, 0) is 14.3 Å². The van der Waals surface area contributed by atoms with Gasteiger partial charge in [-0.1, -0.05) is 34.6 Å². The number of amides is 1. The molecule has 0 fully saturated rings. The lowest BCUT2D eigenvalue weighted by atomic mass is 9.95. The Labute approximate surface area is 148 Å². The van der Waals surface area contributed by atoms with Gasteiger partial charge in [0.1, 0.15) is 4.75 Å². The second kappa shape index (κ2) is 14.1. The van der Waals surface area contributed by atoms with E-state index in [-0.39, 0.29) is 17.9 Å². The minimum absolute atomic E-state index is 0.0308. The molecule has 0 aromatic heterocycles. The van der Waals surface area contributed by atoms with Gasteiger partial charge in [-0.25, -0.2) is 0 Å². The van der Waals surface area contributed by atoms with Crippen molar-refractivity contribution >= 4 is 18.5 Å². The van der Waals surface area contributed by atoms with Gasteiger partial charge in [-0.3, -0.25) is 4.79 Å². The number of carbonyl (C=O) groups is 1. The highest BCUT2D eigenvalue weighted by Gasteiger charge is 2.30. The number of hydrogen-bond donors (Lipinski definition) is 3. The van der Waals surface area contributed by atoms with Crippen LogP contribution in [0, 0.1) is 5.41 Å². The lowest BCUT2D eigenvalue weighted by Crippen LogP contribution is -2.45. The average molecular weight is 351 g/mol. The van der Waals surface area contributed by atoms with E-state index >= 15 is 0 Å². The SMILES string of the molecule is CC.CCCOCCNC(=O)C(C)(S)COCC(C)(C)CNC. The van der Waals surface area contributed by atoms with Crippen molar-refractivity contribution in [2.45, 2.75) is 52.7 Å². The largest absolute Gasteiger partial charge is 0.380 e. The smallest absolute Gasteiger partial charge is 0.238 e. The highest BCUT2D eigenvalue weighted by Crippen LogP contribution is 2.18. The highest BCUT2D eigenvalue weighted by molar-refractivity contribution is 7.82. The molecule has 0 aliphatic rings. The molecule has 1 atom stereocenters. The molecule has 2 N–H and O–H groups in total. The van der Waals surface area contributed by atoms with Crippen LogP contribution in [0.3, 0.4) is 0 Å². The molecule has 0 saturated heterocycles. The van der Waals surface area contributed by atoms with Gasteiger partial charge in [0.2, 0.25) is 5.91 Å². The summed E-state index contributed by atoms with van der Waals surface area (Å²) in [5, 5.41) is 5.95. The fourth-order valence-electron chi connectivity index (χ4n) is 1.79. The van der Waals surface area contributed by atoms with Gasteiger partial charge in [0.15, 0.2) is 0 Å². The normalized spacial score (nSPS) is 13.7. The van der Waals surface area contributed by atoms with Crippen LogP contribution in [0.25, 0.3) is 0 Å². The van der Waals surface area contributed by atoms with Crippen LogP contribution in [0.5, 0.6) is 0 Å². The van der Waals surface area contributed by atoms with E-state index in [0.29, 0.717) is 19.8 Å². The molecule has 0 aliphatic heterocycles. The van der Waals surface area contributed by atoms with Gasteiger partial charge in [0.05, 0.1) is 19.8 Å². The lowest BCUT2D eigenvalue weighted by Gasteiger charge is -2.27. The molecule has 6 heteroatoms. The van der Waals surface area contributed by atoms with Gasteiger partial charge in [-0.2, -0.15) is 12.6 Å². The maximum absolute atomic E-state index is 12.0. The Balaban J connectivity index is 0. The molecule has 1 amide bonds. The number of thiol groups is 1. The topological polar surface area (TPSA) is 59.6 Å². The molecular weight excluding hydrogens is 312 g/mol. The number of carbonyl (C=O) groups excluding carboxylic acids is 1. The third kappa shape index (κ3) is 13.8. The molecule has 23 heavy (non-hydrogen) atoms. The van der Waals surface area contributed by atoms with E-state index in [1.807, 2.05) is 20.9 Å². The Morgan fingerprint density at radius 1 is 1.09 bits per heavy atom. The zero-order valence-electron chi connectivity index (χ0n) is 16.1. The lowest BCUT2D eigenvalue weighted by molar-refractivity contribution is -0.125. The average Bonchev–Trinajstić information content (AvgIpc) is 2.48. The van der Waals surface area contributed by atoms with Gasteiger partial charge in [0, 0.05) is 25.1 Å². The molecule has 0 rings (SSSR count). The molecule has 0 saturated carbocycles. The summed E-state index contributed by atoms with van der Waals surface area (Å²) in [4.78, 5) is 12.0. The van der Waals surface area contributed by atoms with Crippen LogP contribution in [0.2, 0.25) is 0 Å². The molecule has 0 heterocycles. The van der Waals surface area contributed by atoms with Crippen molar-refractivity contribution in [2.24, 2.45) is 5.41 Å². The monoisotopic (exact) mass is 350 g/mol. The fraction of sp³-hybridized carbons (Fsp3) is 0.941. The standard InChI is InChI=1S/C15H32N2O3S.C2H6/c1-6-8-19-9-7-17-13(18)15(4,21)12-20-11-14(2,3)10-16-5;1-2/h16,21H,6-12H2,1-5H3,(H,17,18);1-2H3. The van der Waals surface area contributed by atoms with Crippen molar-refractivity contribution in [1.82, 2.24) is 10.6 Å². The van der Waals surface area contributed by atoms with Gasteiger partial charge in [0.25, 0.3) is 0 Å². The van der Waals surface area contributed by atoms with Crippen molar-refractivity contribution in [1.29, 1.82) is 0 Å². The van der Waals surface area contributed by atoms with Crippen LogP contribution >= 0.6 is 12.6 Å². The first kappa shape index (κ1) is 24.9. The van der Waals surface area contributed by atoms with Gasteiger partial charge < -0.3 is 20.1 Å². The van der Waals surface area contributed by atoms with Crippen LogP contribution in [-0.4, -0.2) is 57.2 Å². The van der Waals surface area contributed by atoms with E-state index in [1.54, 1.807) is 6.92 Å². The van der Waals surface area contributed by atoms with Crippen LogP contribution in [0.1, 0.15) is 48.0 Å². The maximum Gasteiger partial charge on any atom is 0.238 e. The summed E-state index contributed by atoms with van der Waals surface area (Å²) in [6.45, 7) is 15.5. The molecule has 0 bridgehead atoms. The molecule has 1 unspecified atom stereocenters. The Morgan fingerprint density at radius 3 is 2.22 bits per heavy atom. The first-order chi connectivity index (χ1) is 10.7. The van der Waals surface area contributed by atoms with Crippen molar-refractivity contribution in [3.8, 4) is 0 Å². The fourth-order valence-corrected chi connectivity index (χ4v) is 1.97. The summed E-state index contributed by atoms with van der Waals surface area (Å²) in [6, 6.07) is 0. The van der Waals surface area contributed by atoms with Crippen molar-refractivity contribution in [3.63, 3.8) is 0 Å². The van der Waals surface area contributed by atoms with Crippen molar-refractivity contribution in [3.05, 3.63) is 0 Å². The maximum atomic E-state index is 12.0. The first-order valence-corrected chi connectivity index (χ1v) is 9.00. The third-order valence-electron chi connectivity index (χ3n) is 2.90. The Hall–Kier alpha value is -0.300. The van der Waals surface area contributed by atoms with Gasteiger partial charge in [-0.05, 0) is 20.4 Å². The molecule has 0 aromatic carbocycles. The van der Waals surface area contributed by atoms with E-state index in [0.717, 1.165) is 19.6 Å². The minimum atomic E-state index is -0.833. The zero-order chi connectivity index (χ0) is 18.4. The zero-order valence-corrected chi connectivity index (χ0v) is 17.0. The van der Waals surface area contributed by atoms with E-state index < -0.39 is 4.75 Å². The van der Waals surface area contributed by atoms with E-state index in [4.69, 9.17) is 9.47 Å². The van der Waals surface area contributed by atoms with Crippen LogP contribution in [0.4, 0.5) is 0 Å². The molecule has 5 nitrogen and oxygen atoms in total. The second-order valence-corrected chi connectivity index (χ2v) is 7.32. The summed E-state index contributed by atoms with van der Waals surface area (Å²) >= 11 is 4.41. The van der Waals surface area contributed by atoms with Crippen LogP contribution in [0.15, 0.2) is 0 Å². The number of nitrogens with one attached hydrogen (secondary N) is 2. The van der Waals surface area contributed by atoms with E-state index in [2.05, 4.69) is 44.0 Å². The van der Waals surface area contributed by atoms with Gasteiger partial charge >= 0.3 is 0 Å². The number of hydrogen-bond acceptors (Lipinski definition) is 5. The second-order valence-electron chi connectivity index (χ2n) is 6.33. The third-order valence-corrected chi connectivity index (χ3v) is 3.23. The molecule has 0 aliphatic carbocycles. The summed E-state index contributed by atoms with van der Waals surface area (Å²) in [6.07, 6.45) is 0.981. The van der Waals surface area contributed by atoms with Crippen LogP contribution < -0.4 is 10.6 Å². The predicted octanol–water partition coefficient (Wildman–Crippen LogP) is 2.51. The summed E-state index contributed by atoms with van der Waals surface area (Å²) in [5.74, 6) is -0.127. The van der Waals surface area contributed by atoms with Crippen molar-refractivity contribution < 1.29 is 14.3 Å². The minimum Gasteiger partial charge on any atom is -0.380 e. The quantitative estimate of drug-likeness (QED) is 0.374. The summed E-state index contributed by atoms with van der Waals surface area (Å²) < 4.78 is 10.2. The summed E-state index contributed by atoms with van der Waals surface area (Å²) in [7, 11) is 1.92. The number of rotatable bonds is 12. The summed E-state index contributed by atoms with van der Waals surface area (Å²) in [5.41, 5.74) is 0.0308. The first-order valence-electron chi connectivity index (χ1n) is 8.56. The number of ether oxygens (including phenoxy) is 2. The predicted molar refractivity (Wildman–Crippen MR) is 101 cm³/mol. The molecule has 0 radical (unpaired) electrons. The Kier molecular flexibility index (Phi) is 15.3. The van der Waals surface area contributed by atoms with Crippen molar-refractivity contribution in [2.75, 3.05) is 46.6 Å². The Bertz CT molecular complexity index is 298. The highest BCUT2D eigenvalue weighted by atomic mass is 32.1. The molecular formula is C17H38N2O3S. The molecule has 0 aromatic rings. The molecule has 140 valence electrons. The Morgan fingerprint density at radius 2 is 1.70 bits per heavy atom. The van der Waals surface area contributed by atoms with E-state index in [1.165, 1.54) is 0 Å². The van der Waals surface area contributed by atoms with E-state index in [9.17, 15) is 4.79 Å². The molecule has 0 spiro atoms. The van der Waals surface area contributed by atoms with Gasteiger partial charge in [-0.15, -0.1) is 0 Å².